The molecule has 0 saturated carbocycles. The molecule has 0 bridgehead atoms. The van der Waals surface area contributed by atoms with E-state index in [1.165, 1.54) is 12.1 Å². The Balaban J connectivity index is 2.74. The zero-order chi connectivity index (χ0) is 12.9. The van der Waals surface area contributed by atoms with Gasteiger partial charge in [-0.05, 0) is 31.9 Å². The Bertz CT molecular complexity index is 383. The molecule has 1 unspecified atom stereocenters. The molecule has 5 heteroatoms. The second-order valence-corrected chi connectivity index (χ2v) is 4.96. The summed E-state index contributed by atoms with van der Waals surface area (Å²) in [5.41, 5.74) is -0.0305. The summed E-state index contributed by atoms with van der Waals surface area (Å²) in [6.45, 7) is 4.00. The number of nitrogens with one attached hydrogen (secondary N) is 1. The van der Waals surface area contributed by atoms with Crippen molar-refractivity contribution in [2.45, 2.75) is 32.2 Å². The second kappa shape index (κ2) is 6.10. The number of pyridine rings is 1. The van der Waals surface area contributed by atoms with E-state index in [4.69, 9.17) is 0 Å². The number of rotatable bonds is 5. The van der Waals surface area contributed by atoms with Gasteiger partial charge in [-0.25, -0.2) is 9.37 Å². The Morgan fingerprint density at radius 2 is 2.29 bits per heavy atom. The quantitative estimate of drug-likeness (QED) is 0.850. The molecule has 0 aromatic carbocycles. The van der Waals surface area contributed by atoms with E-state index in [1.807, 2.05) is 13.8 Å². The number of carbonyl (C=O) groups excluding carboxylic acids is 1. The topological polar surface area (TPSA) is 42.0 Å². The fourth-order valence-corrected chi connectivity index (χ4v) is 2.26. The number of nitrogens with zero attached hydrogens (tertiary/aromatic N) is 1. The second-order valence-electron chi connectivity index (χ2n) is 4.17. The van der Waals surface area contributed by atoms with Crippen LogP contribution < -0.4 is 5.32 Å². The van der Waals surface area contributed by atoms with E-state index < -0.39 is 5.82 Å². The monoisotopic (exact) mass is 302 g/mol. The van der Waals surface area contributed by atoms with Crippen LogP contribution in [0.5, 0.6) is 0 Å². The van der Waals surface area contributed by atoms with Crippen LogP contribution in [0, 0.1) is 5.82 Å². The fraction of sp³-hybridized carbons (Fsp3) is 0.500. The standard InChI is InChI=1S/C12H16BrFN2O/c1-3-12(2,6-7-13)16-11(17)10-5-4-9(14)8-15-10/h4-5,8H,3,6-7H2,1-2H3,(H,16,17). The highest BCUT2D eigenvalue weighted by Gasteiger charge is 2.24. The number of hydrogen-bond acceptors (Lipinski definition) is 2. The van der Waals surface area contributed by atoms with Crippen LogP contribution in [0.3, 0.4) is 0 Å². The van der Waals surface area contributed by atoms with Crippen LogP contribution in [0.4, 0.5) is 4.39 Å². The van der Waals surface area contributed by atoms with Crippen LogP contribution in [0.1, 0.15) is 37.2 Å². The van der Waals surface area contributed by atoms with Gasteiger partial charge in [0.05, 0.1) is 6.20 Å². The van der Waals surface area contributed by atoms with Crippen molar-refractivity contribution in [1.82, 2.24) is 10.3 Å². The van der Waals surface area contributed by atoms with Crippen LogP contribution in [0.2, 0.25) is 0 Å². The molecule has 0 fully saturated rings. The highest BCUT2D eigenvalue weighted by atomic mass is 79.9. The average molecular weight is 303 g/mol. The first-order chi connectivity index (χ1) is 8.00. The summed E-state index contributed by atoms with van der Waals surface area (Å²) >= 11 is 3.37. The Hall–Kier alpha value is -0.970. The molecule has 1 aromatic heterocycles. The minimum absolute atomic E-state index is 0.237. The van der Waals surface area contributed by atoms with Crippen LogP contribution >= 0.6 is 15.9 Å². The normalized spacial score (nSPS) is 14.1. The van der Waals surface area contributed by atoms with E-state index in [0.717, 1.165) is 24.4 Å². The van der Waals surface area contributed by atoms with Crippen molar-refractivity contribution in [3.63, 3.8) is 0 Å². The van der Waals surface area contributed by atoms with Crippen molar-refractivity contribution >= 4 is 21.8 Å². The summed E-state index contributed by atoms with van der Waals surface area (Å²) in [5, 5.41) is 3.74. The number of halogens is 2. The molecular formula is C12H16BrFN2O. The number of aromatic nitrogens is 1. The first-order valence-electron chi connectivity index (χ1n) is 5.51. The van der Waals surface area contributed by atoms with Gasteiger partial charge in [-0.2, -0.15) is 0 Å². The van der Waals surface area contributed by atoms with Crippen molar-refractivity contribution in [3.05, 3.63) is 29.8 Å². The maximum absolute atomic E-state index is 12.7. The molecular weight excluding hydrogens is 287 g/mol. The third kappa shape index (κ3) is 4.07. The molecule has 1 rings (SSSR count). The van der Waals surface area contributed by atoms with E-state index >= 15 is 0 Å². The van der Waals surface area contributed by atoms with Crippen LogP contribution in [-0.4, -0.2) is 21.8 Å². The van der Waals surface area contributed by atoms with Gasteiger partial charge >= 0.3 is 0 Å². The summed E-state index contributed by atoms with van der Waals surface area (Å²) < 4.78 is 12.7. The number of hydrogen-bond donors (Lipinski definition) is 1. The van der Waals surface area contributed by atoms with E-state index in [0.29, 0.717) is 0 Å². The molecule has 0 spiro atoms. The van der Waals surface area contributed by atoms with E-state index in [2.05, 4.69) is 26.2 Å². The van der Waals surface area contributed by atoms with Gasteiger partial charge in [0.1, 0.15) is 11.5 Å². The molecule has 1 N–H and O–H groups in total. The minimum Gasteiger partial charge on any atom is -0.346 e. The molecule has 0 aliphatic heterocycles. The van der Waals surface area contributed by atoms with Crippen molar-refractivity contribution in [3.8, 4) is 0 Å². The van der Waals surface area contributed by atoms with Crippen LogP contribution in [-0.2, 0) is 0 Å². The SMILES string of the molecule is CCC(C)(CCBr)NC(=O)c1ccc(F)cn1. The van der Waals surface area contributed by atoms with E-state index in [9.17, 15) is 9.18 Å². The maximum Gasteiger partial charge on any atom is 0.270 e. The lowest BCUT2D eigenvalue weighted by Crippen LogP contribution is -2.46. The predicted octanol–water partition coefficient (Wildman–Crippen LogP) is 2.90. The Morgan fingerprint density at radius 3 is 2.76 bits per heavy atom. The van der Waals surface area contributed by atoms with Gasteiger partial charge in [0.2, 0.25) is 0 Å². The lowest BCUT2D eigenvalue weighted by molar-refractivity contribution is 0.0896. The zero-order valence-corrected chi connectivity index (χ0v) is 11.6. The zero-order valence-electron chi connectivity index (χ0n) is 9.96. The van der Waals surface area contributed by atoms with Crippen molar-refractivity contribution in [2.75, 3.05) is 5.33 Å². The largest absolute Gasteiger partial charge is 0.346 e. The van der Waals surface area contributed by atoms with Gasteiger partial charge < -0.3 is 5.32 Å². The first kappa shape index (κ1) is 14.1. The van der Waals surface area contributed by atoms with Crippen molar-refractivity contribution < 1.29 is 9.18 Å². The van der Waals surface area contributed by atoms with E-state index in [1.54, 1.807) is 0 Å². The Morgan fingerprint density at radius 1 is 1.59 bits per heavy atom. The Labute approximate surface area is 109 Å². The van der Waals surface area contributed by atoms with Gasteiger partial charge in [-0.1, -0.05) is 22.9 Å². The fourth-order valence-electron chi connectivity index (χ4n) is 1.38. The molecule has 1 amide bonds. The molecule has 1 atom stereocenters. The highest BCUT2D eigenvalue weighted by Crippen LogP contribution is 2.16. The third-order valence-electron chi connectivity index (χ3n) is 2.80. The lowest BCUT2D eigenvalue weighted by Gasteiger charge is -2.28. The average Bonchev–Trinajstić information content (AvgIpc) is 2.30. The molecule has 3 nitrogen and oxygen atoms in total. The number of carbonyl (C=O) groups is 1. The number of amides is 1. The summed E-state index contributed by atoms with van der Waals surface area (Å²) in [6, 6.07) is 2.62. The molecule has 17 heavy (non-hydrogen) atoms. The van der Waals surface area contributed by atoms with Crippen LogP contribution in [0.15, 0.2) is 18.3 Å². The third-order valence-corrected chi connectivity index (χ3v) is 3.20. The van der Waals surface area contributed by atoms with Crippen molar-refractivity contribution in [2.24, 2.45) is 0 Å². The van der Waals surface area contributed by atoms with E-state index in [-0.39, 0.29) is 17.1 Å². The maximum atomic E-state index is 12.7. The van der Waals surface area contributed by atoms with Crippen molar-refractivity contribution in [1.29, 1.82) is 0 Å². The summed E-state index contributed by atoms with van der Waals surface area (Å²) in [7, 11) is 0. The molecule has 0 aliphatic carbocycles. The first-order valence-corrected chi connectivity index (χ1v) is 6.63. The molecule has 0 aliphatic rings. The summed E-state index contributed by atoms with van der Waals surface area (Å²) in [5.74, 6) is -0.712. The van der Waals surface area contributed by atoms with Gasteiger partial charge in [-0.15, -0.1) is 0 Å². The smallest absolute Gasteiger partial charge is 0.270 e. The summed E-state index contributed by atoms with van der Waals surface area (Å²) in [4.78, 5) is 15.7. The van der Waals surface area contributed by atoms with Gasteiger partial charge in [0, 0.05) is 10.9 Å². The van der Waals surface area contributed by atoms with Gasteiger partial charge in [0.15, 0.2) is 0 Å². The molecule has 0 radical (unpaired) electrons. The molecule has 1 aromatic rings. The summed E-state index contributed by atoms with van der Waals surface area (Å²) in [6.07, 6.45) is 2.70. The van der Waals surface area contributed by atoms with Crippen LogP contribution in [0.25, 0.3) is 0 Å². The molecule has 1 heterocycles. The number of alkyl halides is 1. The van der Waals surface area contributed by atoms with Gasteiger partial charge in [0.25, 0.3) is 5.91 Å². The predicted molar refractivity (Wildman–Crippen MR) is 68.8 cm³/mol. The molecule has 94 valence electrons. The lowest BCUT2D eigenvalue weighted by atomic mass is 9.95. The Kier molecular flexibility index (Phi) is 5.05. The highest BCUT2D eigenvalue weighted by molar-refractivity contribution is 9.09. The molecule has 0 saturated heterocycles. The van der Waals surface area contributed by atoms with Gasteiger partial charge in [-0.3, -0.25) is 4.79 Å². The minimum atomic E-state index is -0.444.